The van der Waals surface area contributed by atoms with E-state index >= 15 is 0 Å². The van der Waals surface area contributed by atoms with Crippen molar-refractivity contribution in [2.45, 2.75) is 32.9 Å². The first kappa shape index (κ1) is 14.5. The monoisotopic (exact) mass is 259 g/mol. The van der Waals surface area contributed by atoms with E-state index < -0.39 is 18.6 Å². The predicted molar refractivity (Wildman–Crippen MR) is 63.7 cm³/mol. The summed E-state index contributed by atoms with van der Waals surface area (Å²) in [6.45, 7) is 4.57. The molecule has 18 heavy (non-hydrogen) atoms. The molecule has 1 aromatic rings. The zero-order valence-corrected chi connectivity index (χ0v) is 10.6. The molecule has 0 heterocycles. The van der Waals surface area contributed by atoms with E-state index in [1.54, 1.807) is 18.2 Å². The van der Waals surface area contributed by atoms with E-state index in [1.165, 1.54) is 0 Å². The summed E-state index contributed by atoms with van der Waals surface area (Å²) in [6, 6.07) is 4.94. The van der Waals surface area contributed by atoms with Gasteiger partial charge in [-0.25, -0.2) is 0 Å². The SMILES string of the molecule is Cc1cc(C(=O)NCC(F)(F)F)ccc1C(C)C. The minimum atomic E-state index is -4.39. The van der Waals surface area contributed by atoms with E-state index in [0.29, 0.717) is 5.92 Å². The molecule has 0 aliphatic rings. The number of benzene rings is 1. The third kappa shape index (κ3) is 4.05. The quantitative estimate of drug-likeness (QED) is 0.885. The molecular formula is C13H16F3NO. The van der Waals surface area contributed by atoms with Crippen LogP contribution in [0.1, 0.15) is 41.3 Å². The molecule has 0 unspecified atom stereocenters. The second-order valence-electron chi connectivity index (χ2n) is 4.52. The lowest BCUT2D eigenvalue weighted by Gasteiger charge is -2.12. The second kappa shape index (κ2) is 5.42. The molecule has 0 spiro atoms. The lowest BCUT2D eigenvalue weighted by Crippen LogP contribution is -2.33. The molecule has 0 bridgehead atoms. The van der Waals surface area contributed by atoms with Gasteiger partial charge in [0.1, 0.15) is 6.54 Å². The topological polar surface area (TPSA) is 29.1 Å². The van der Waals surface area contributed by atoms with Crippen molar-refractivity contribution in [2.75, 3.05) is 6.54 Å². The highest BCUT2D eigenvalue weighted by Crippen LogP contribution is 2.20. The van der Waals surface area contributed by atoms with Gasteiger partial charge in [0.2, 0.25) is 0 Å². The van der Waals surface area contributed by atoms with Crippen LogP contribution in [0.4, 0.5) is 13.2 Å². The van der Waals surface area contributed by atoms with Gasteiger partial charge < -0.3 is 5.32 Å². The van der Waals surface area contributed by atoms with E-state index in [2.05, 4.69) is 0 Å². The minimum Gasteiger partial charge on any atom is -0.343 e. The van der Waals surface area contributed by atoms with Crippen LogP contribution in [-0.2, 0) is 0 Å². The molecule has 2 nitrogen and oxygen atoms in total. The predicted octanol–water partition coefficient (Wildman–Crippen LogP) is 3.41. The highest BCUT2D eigenvalue weighted by molar-refractivity contribution is 5.94. The molecule has 0 saturated heterocycles. The summed E-state index contributed by atoms with van der Waals surface area (Å²) >= 11 is 0. The Kier molecular flexibility index (Phi) is 4.38. The zero-order chi connectivity index (χ0) is 13.9. The number of aryl methyl sites for hydroxylation is 1. The summed E-state index contributed by atoms with van der Waals surface area (Å²) in [5.74, 6) is -0.386. The number of rotatable bonds is 3. The first-order valence-corrected chi connectivity index (χ1v) is 5.66. The summed E-state index contributed by atoms with van der Waals surface area (Å²) < 4.78 is 35.9. The fourth-order valence-corrected chi connectivity index (χ4v) is 1.75. The average molecular weight is 259 g/mol. The van der Waals surface area contributed by atoms with Gasteiger partial charge in [-0.1, -0.05) is 19.9 Å². The number of carbonyl (C=O) groups excluding carboxylic acids is 1. The molecule has 0 aromatic heterocycles. The van der Waals surface area contributed by atoms with Crippen LogP contribution in [0.5, 0.6) is 0 Å². The Morgan fingerprint density at radius 2 is 1.94 bits per heavy atom. The van der Waals surface area contributed by atoms with Gasteiger partial charge in [0.25, 0.3) is 5.91 Å². The molecule has 1 rings (SSSR count). The number of alkyl halides is 3. The number of carbonyl (C=O) groups is 1. The van der Waals surface area contributed by atoms with Gasteiger partial charge >= 0.3 is 6.18 Å². The number of halogens is 3. The highest BCUT2D eigenvalue weighted by Gasteiger charge is 2.27. The van der Waals surface area contributed by atoms with Crippen molar-refractivity contribution in [1.82, 2.24) is 5.32 Å². The molecule has 1 N–H and O–H groups in total. The van der Waals surface area contributed by atoms with Crippen molar-refractivity contribution < 1.29 is 18.0 Å². The molecule has 100 valence electrons. The van der Waals surface area contributed by atoms with Crippen LogP contribution in [0, 0.1) is 6.92 Å². The Morgan fingerprint density at radius 3 is 2.39 bits per heavy atom. The Bertz CT molecular complexity index is 438. The first-order chi connectivity index (χ1) is 8.20. The lowest BCUT2D eigenvalue weighted by atomic mass is 9.96. The summed E-state index contributed by atoms with van der Waals surface area (Å²) in [7, 11) is 0. The molecule has 0 fully saturated rings. The van der Waals surface area contributed by atoms with Crippen molar-refractivity contribution in [2.24, 2.45) is 0 Å². The molecule has 0 aliphatic heterocycles. The van der Waals surface area contributed by atoms with E-state index in [4.69, 9.17) is 0 Å². The maximum absolute atomic E-state index is 12.0. The van der Waals surface area contributed by atoms with Crippen LogP contribution in [-0.4, -0.2) is 18.6 Å². The Labute approximate surface area is 104 Å². The summed E-state index contributed by atoms with van der Waals surface area (Å²) in [5.41, 5.74) is 2.24. The van der Waals surface area contributed by atoms with Crippen molar-refractivity contribution in [3.8, 4) is 0 Å². The third-order valence-corrected chi connectivity index (χ3v) is 2.60. The Hall–Kier alpha value is -1.52. The van der Waals surface area contributed by atoms with E-state index in [0.717, 1.165) is 11.1 Å². The number of nitrogens with one attached hydrogen (secondary N) is 1. The molecule has 0 atom stereocenters. The minimum absolute atomic E-state index is 0.251. The van der Waals surface area contributed by atoms with Crippen molar-refractivity contribution >= 4 is 5.91 Å². The maximum Gasteiger partial charge on any atom is 0.405 e. The van der Waals surface area contributed by atoms with Gasteiger partial charge in [0.05, 0.1) is 0 Å². The van der Waals surface area contributed by atoms with Crippen LogP contribution in [0.3, 0.4) is 0 Å². The fourth-order valence-electron chi connectivity index (χ4n) is 1.75. The molecule has 5 heteroatoms. The molecular weight excluding hydrogens is 243 g/mol. The summed E-state index contributed by atoms with van der Waals surface area (Å²) in [4.78, 5) is 11.5. The number of hydrogen-bond donors (Lipinski definition) is 1. The average Bonchev–Trinajstić information content (AvgIpc) is 2.24. The van der Waals surface area contributed by atoms with Gasteiger partial charge in [-0.15, -0.1) is 0 Å². The standard InChI is InChI=1S/C13H16F3NO/c1-8(2)11-5-4-10(6-9(11)3)12(18)17-7-13(14,15)16/h4-6,8H,7H2,1-3H3,(H,17,18). The summed E-state index contributed by atoms with van der Waals surface area (Å²) in [5, 5.41) is 1.85. The van der Waals surface area contributed by atoms with Crippen LogP contribution in [0.15, 0.2) is 18.2 Å². The van der Waals surface area contributed by atoms with E-state index in [-0.39, 0.29) is 5.56 Å². The van der Waals surface area contributed by atoms with Crippen molar-refractivity contribution in [1.29, 1.82) is 0 Å². The van der Waals surface area contributed by atoms with E-state index in [1.807, 2.05) is 26.1 Å². The lowest BCUT2D eigenvalue weighted by molar-refractivity contribution is -0.123. The van der Waals surface area contributed by atoms with Gasteiger partial charge in [-0.2, -0.15) is 13.2 Å². The van der Waals surface area contributed by atoms with Gasteiger partial charge in [0, 0.05) is 5.56 Å². The van der Waals surface area contributed by atoms with Crippen LogP contribution in [0.25, 0.3) is 0 Å². The van der Waals surface area contributed by atoms with E-state index in [9.17, 15) is 18.0 Å². The van der Waals surface area contributed by atoms with Crippen molar-refractivity contribution in [3.63, 3.8) is 0 Å². The largest absolute Gasteiger partial charge is 0.405 e. The van der Waals surface area contributed by atoms with Crippen molar-refractivity contribution in [3.05, 3.63) is 34.9 Å². The second-order valence-corrected chi connectivity index (χ2v) is 4.52. The van der Waals surface area contributed by atoms with Crippen LogP contribution < -0.4 is 5.32 Å². The normalized spacial score (nSPS) is 11.7. The highest BCUT2D eigenvalue weighted by atomic mass is 19.4. The molecule has 0 aliphatic carbocycles. The Morgan fingerprint density at radius 1 is 1.33 bits per heavy atom. The third-order valence-electron chi connectivity index (χ3n) is 2.60. The maximum atomic E-state index is 12.0. The molecule has 0 saturated carbocycles. The molecule has 1 amide bonds. The molecule has 1 aromatic carbocycles. The van der Waals surface area contributed by atoms with Gasteiger partial charge in [-0.05, 0) is 36.1 Å². The smallest absolute Gasteiger partial charge is 0.343 e. The number of hydrogen-bond acceptors (Lipinski definition) is 1. The van der Waals surface area contributed by atoms with Crippen LogP contribution >= 0.6 is 0 Å². The fraction of sp³-hybridized carbons (Fsp3) is 0.462. The van der Waals surface area contributed by atoms with Gasteiger partial charge in [0.15, 0.2) is 0 Å². The van der Waals surface area contributed by atoms with Crippen LogP contribution in [0.2, 0.25) is 0 Å². The summed E-state index contributed by atoms with van der Waals surface area (Å²) in [6.07, 6.45) is -4.39. The Balaban J connectivity index is 2.79. The number of amides is 1. The molecule has 0 radical (unpaired) electrons. The van der Waals surface area contributed by atoms with Gasteiger partial charge in [-0.3, -0.25) is 4.79 Å². The zero-order valence-electron chi connectivity index (χ0n) is 10.6. The first-order valence-electron chi connectivity index (χ1n) is 5.66.